The first-order valence-corrected chi connectivity index (χ1v) is 6.78. The molecule has 2 aromatic heterocycles. The number of benzene rings is 1. The lowest BCUT2D eigenvalue weighted by Crippen LogP contribution is -2.00. The summed E-state index contributed by atoms with van der Waals surface area (Å²) in [7, 11) is 0. The van der Waals surface area contributed by atoms with Crippen LogP contribution in [-0.4, -0.2) is 27.3 Å². The van der Waals surface area contributed by atoms with E-state index in [0.717, 1.165) is 33.4 Å². The minimum Gasteiger partial charge on any atom is -0.478 e. The van der Waals surface area contributed by atoms with Gasteiger partial charge in [-0.1, -0.05) is 6.08 Å². The maximum absolute atomic E-state index is 11.1. The van der Waals surface area contributed by atoms with E-state index in [1.165, 1.54) is 6.20 Å². The summed E-state index contributed by atoms with van der Waals surface area (Å²) in [5, 5.41) is 10.2. The highest BCUT2D eigenvalue weighted by molar-refractivity contribution is 5.97. The molecular weight excluding hydrogens is 314 g/mol. The van der Waals surface area contributed by atoms with E-state index < -0.39 is 5.97 Å². The molecule has 0 radical (unpaired) electrons. The Balaban J connectivity index is 0.00000156. The number of carbonyl (C=O) groups is 1. The second-order valence-corrected chi connectivity index (χ2v) is 5.04. The van der Waals surface area contributed by atoms with E-state index >= 15 is 0 Å². The van der Waals surface area contributed by atoms with Gasteiger partial charge in [0, 0.05) is 40.6 Å². The van der Waals surface area contributed by atoms with Crippen molar-refractivity contribution in [2.24, 2.45) is 4.99 Å². The summed E-state index contributed by atoms with van der Waals surface area (Å²) in [5.74, 6) is -0.985. The van der Waals surface area contributed by atoms with Crippen LogP contribution < -0.4 is 0 Å². The molecule has 0 saturated carbocycles. The summed E-state index contributed by atoms with van der Waals surface area (Å²) >= 11 is 0. The third-order valence-corrected chi connectivity index (χ3v) is 3.66. The van der Waals surface area contributed by atoms with Crippen molar-refractivity contribution >= 4 is 47.3 Å². The molecule has 0 fully saturated rings. The number of fused-ring (bicyclic) bond motifs is 4. The highest BCUT2D eigenvalue weighted by Crippen LogP contribution is 2.36. The standard InChI is InChI=1S/C17H11N3O2.ClH/c21-17(22)12-6-11-2-1-4-18-15-8-14-10(3-5-19-14)7-13(15)16(11)20-9-12;/h1-9,19H,(H,21,22);1H/b2-1-,4-1?,11-2?,16-13?,18-4?,18-15?;. The maximum Gasteiger partial charge on any atom is 0.337 e. The fourth-order valence-electron chi connectivity index (χ4n) is 2.61. The Labute approximate surface area is 137 Å². The van der Waals surface area contributed by atoms with Gasteiger partial charge in [0.05, 0.1) is 16.9 Å². The molecule has 0 amide bonds. The first-order valence-electron chi connectivity index (χ1n) is 6.78. The summed E-state index contributed by atoms with van der Waals surface area (Å²) in [6.07, 6.45) is 8.56. The monoisotopic (exact) mass is 325 g/mol. The smallest absolute Gasteiger partial charge is 0.337 e. The Bertz CT molecular complexity index is 973. The largest absolute Gasteiger partial charge is 0.478 e. The second kappa shape index (κ2) is 5.70. The molecule has 5 nitrogen and oxygen atoms in total. The predicted molar refractivity (Wildman–Crippen MR) is 92.9 cm³/mol. The van der Waals surface area contributed by atoms with Crippen LogP contribution in [0.3, 0.4) is 0 Å². The highest BCUT2D eigenvalue weighted by Gasteiger charge is 2.15. The van der Waals surface area contributed by atoms with Crippen LogP contribution in [0.25, 0.3) is 28.2 Å². The summed E-state index contributed by atoms with van der Waals surface area (Å²) in [6, 6.07) is 7.60. The fraction of sp³-hybridized carbons (Fsp3) is 0. The summed E-state index contributed by atoms with van der Waals surface area (Å²) in [4.78, 5) is 23.1. The summed E-state index contributed by atoms with van der Waals surface area (Å²) in [6.45, 7) is 0. The molecule has 3 aromatic rings. The number of carboxylic acid groups (broad SMARTS) is 1. The first kappa shape index (κ1) is 15.0. The van der Waals surface area contributed by atoms with Crippen LogP contribution in [-0.2, 0) is 0 Å². The molecule has 3 heterocycles. The van der Waals surface area contributed by atoms with Gasteiger partial charge in [-0.3, -0.25) is 9.98 Å². The number of H-pyrrole nitrogens is 1. The summed E-state index contributed by atoms with van der Waals surface area (Å²) < 4.78 is 0. The van der Waals surface area contributed by atoms with Gasteiger partial charge in [-0.15, -0.1) is 12.4 Å². The Morgan fingerprint density at radius 1 is 1.22 bits per heavy atom. The number of hydrogen-bond donors (Lipinski definition) is 2. The maximum atomic E-state index is 11.1. The molecule has 1 aromatic carbocycles. The summed E-state index contributed by atoms with van der Waals surface area (Å²) in [5.41, 5.74) is 4.36. The van der Waals surface area contributed by atoms with Gasteiger partial charge in [-0.2, -0.15) is 0 Å². The molecule has 0 spiro atoms. The van der Waals surface area contributed by atoms with E-state index in [2.05, 4.69) is 15.0 Å². The van der Waals surface area contributed by atoms with E-state index in [-0.39, 0.29) is 18.0 Å². The number of nitrogens with one attached hydrogen (secondary N) is 1. The molecule has 1 aliphatic rings. The van der Waals surface area contributed by atoms with Crippen LogP contribution in [0.1, 0.15) is 15.9 Å². The first-order chi connectivity index (χ1) is 10.7. The SMILES string of the molecule is Cl.O=C(O)c1cnc2c(c1)/C=C\C=Nc1cc3[nH]ccc3cc1-2. The molecule has 23 heavy (non-hydrogen) atoms. The third kappa shape index (κ3) is 2.51. The minimum absolute atomic E-state index is 0. The lowest BCUT2D eigenvalue weighted by atomic mass is 10.00. The number of aromatic carboxylic acids is 1. The normalized spacial score (nSPS) is 13.4. The number of rotatable bonds is 1. The lowest BCUT2D eigenvalue weighted by Gasteiger charge is -2.11. The van der Waals surface area contributed by atoms with Gasteiger partial charge in [-0.25, -0.2) is 4.79 Å². The number of pyridine rings is 1. The van der Waals surface area contributed by atoms with Crippen LogP contribution in [0, 0.1) is 0 Å². The van der Waals surface area contributed by atoms with Gasteiger partial charge in [-0.05, 0) is 30.3 Å². The number of hydrogen-bond acceptors (Lipinski definition) is 3. The number of nitrogens with zero attached hydrogens (tertiary/aromatic N) is 2. The number of aromatic nitrogens is 2. The van der Waals surface area contributed by atoms with Gasteiger partial charge in [0.15, 0.2) is 0 Å². The van der Waals surface area contributed by atoms with E-state index in [1.807, 2.05) is 30.5 Å². The van der Waals surface area contributed by atoms with Gasteiger partial charge in [0.25, 0.3) is 0 Å². The van der Waals surface area contributed by atoms with Crippen LogP contribution >= 0.6 is 12.4 Å². The van der Waals surface area contributed by atoms with Crippen molar-refractivity contribution in [1.82, 2.24) is 9.97 Å². The van der Waals surface area contributed by atoms with Gasteiger partial charge >= 0.3 is 5.97 Å². The molecule has 2 N–H and O–H groups in total. The van der Waals surface area contributed by atoms with E-state index in [4.69, 9.17) is 5.11 Å². The lowest BCUT2D eigenvalue weighted by molar-refractivity contribution is 0.0696. The number of aliphatic imine (C=N–C) groups is 1. The zero-order valence-electron chi connectivity index (χ0n) is 11.9. The molecule has 0 saturated heterocycles. The molecule has 6 heteroatoms. The molecule has 1 aliphatic heterocycles. The Morgan fingerprint density at radius 2 is 2.09 bits per heavy atom. The topological polar surface area (TPSA) is 78.3 Å². The molecule has 0 aliphatic carbocycles. The zero-order valence-corrected chi connectivity index (χ0v) is 12.7. The van der Waals surface area contributed by atoms with Crippen molar-refractivity contribution < 1.29 is 9.90 Å². The molecule has 114 valence electrons. The average Bonchev–Trinajstić information content (AvgIpc) is 2.95. The third-order valence-electron chi connectivity index (χ3n) is 3.66. The molecule has 0 unspecified atom stereocenters. The minimum atomic E-state index is -0.985. The number of carboxylic acids is 1. The fourth-order valence-corrected chi connectivity index (χ4v) is 2.61. The Morgan fingerprint density at radius 3 is 2.91 bits per heavy atom. The van der Waals surface area contributed by atoms with Gasteiger partial charge in [0.1, 0.15) is 0 Å². The van der Waals surface area contributed by atoms with Crippen molar-refractivity contribution in [2.75, 3.05) is 0 Å². The molecule has 0 atom stereocenters. The average molecular weight is 326 g/mol. The highest BCUT2D eigenvalue weighted by atomic mass is 35.5. The number of aromatic amines is 1. The van der Waals surface area contributed by atoms with Crippen molar-refractivity contribution in [3.63, 3.8) is 0 Å². The van der Waals surface area contributed by atoms with E-state index in [9.17, 15) is 4.79 Å². The van der Waals surface area contributed by atoms with Crippen LogP contribution in [0.5, 0.6) is 0 Å². The van der Waals surface area contributed by atoms with Crippen molar-refractivity contribution in [3.05, 3.63) is 53.9 Å². The van der Waals surface area contributed by atoms with Gasteiger partial charge < -0.3 is 10.1 Å². The second-order valence-electron chi connectivity index (χ2n) is 5.04. The molecule has 0 bridgehead atoms. The molecule has 4 rings (SSSR count). The van der Waals surface area contributed by atoms with E-state index in [1.54, 1.807) is 18.4 Å². The van der Waals surface area contributed by atoms with Crippen LogP contribution in [0.2, 0.25) is 0 Å². The van der Waals surface area contributed by atoms with Crippen molar-refractivity contribution in [3.8, 4) is 11.3 Å². The van der Waals surface area contributed by atoms with Crippen LogP contribution in [0.15, 0.2) is 47.7 Å². The quantitative estimate of drug-likeness (QED) is 0.707. The number of allylic oxidation sites excluding steroid dienone is 1. The Hall–Kier alpha value is -2.92. The molecular formula is C17H12ClN3O2. The van der Waals surface area contributed by atoms with Gasteiger partial charge in [0.2, 0.25) is 0 Å². The Kier molecular flexibility index (Phi) is 3.72. The van der Waals surface area contributed by atoms with Crippen molar-refractivity contribution in [1.29, 1.82) is 0 Å². The van der Waals surface area contributed by atoms with Crippen molar-refractivity contribution in [2.45, 2.75) is 0 Å². The van der Waals surface area contributed by atoms with Crippen LogP contribution in [0.4, 0.5) is 5.69 Å². The van der Waals surface area contributed by atoms with E-state index in [0.29, 0.717) is 0 Å². The predicted octanol–water partition coefficient (Wildman–Crippen LogP) is 4.08. The zero-order chi connectivity index (χ0) is 15.1. The number of halogens is 1.